The van der Waals surface area contributed by atoms with Crippen molar-refractivity contribution in [3.8, 4) is 0 Å². The maximum Gasteiger partial charge on any atom is 0.253 e. The standard InChI is InChI=1S/C18H22Cl2N2O2/c1-2-10-7-17(23)22-16-9-12(4-6-13(10)16)21-18(24)14-5-3-11(19)8-15(14)20/h3,5,8,10,12-13,16H,2,4,6-7,9H2,1H3,(H,21,24)(H,22,23). The van der Waals surface area contributed by atoms with E-state index in [1.807, 2.05) is 0 Å². The van der Waals surface area contributed by atoms with E-state index in [1.54, 1.807) is 18.2 Å². The summed E-state index contributed by atoms with van der Waals surface area (Å²) >= 11 is 12.0. The Labute approximate surface area is 152 Å². The largest absolute Gasteiger partial charge is 0.353 e. The van der Waals surface area contributed by atoms with Gasteiger partial charge in [0, 0.05) is 23.5 Å². The van der Waals surface area contributed by atoms with Crippen molar-refractivity contribution in [1.82, 2.24) is 10.6 Å². The first-order valence-corrected chi connectivity index (χ1v) is 9.28. The highest BCUT2D eigenvalue weighted by Crippen LogP contribution is 2.37. The van der Waals surface area contributed by atoms with Crippen LogP contribution < -0.4 is 10.6 Å². The zero-order valence-corrected chi connectivity index (χ0v) is 15.2. The summed E-state index contributed by atoms with van der Waals surface area (Å²) in [6.45, 7) is 2.15. The monoisotopic (exact) mass is 368 g/mol. The van der Waals surface area contributed by atoms with E-state index in [9.17, 15) is 9.59 Å². The first-order valence-electron chi connectivity index (χ1n) is 8.53. The fraction of sp³-hybridized carbons (Fsp3) is 0.556. The number of piperidine rings is 1. The van der Waals surface area contributed by atoms with Crippen LogP contribution in [0.5, 0.6) is 0 Å². The summed E-state index contributed by atoms with van der Waals surface area (Å²) in [6.07, 6.45) is 4.41. The number of nitrogens with one attached hydrogen (secondary N) is 2. The molecule has 2 aliphatic rings. The van der Waals surface area contributed by atoms with Gasteiger partial charge < -0.3 is 10.6 Å². The number of hydrogen-bond donors (Lipinski definition) is 2. The van der Waals surface area contributed by atoms with Gasteiger partial charge in [0.05, 0.1) is 10.6 Å². The lowest BCUT2D eigenvalue weighted by molar-refractivity contribution is -0.127. The summed E-state index contributed by atoms with van der Waals surface area (Å²) in [6, 6.07) is 5.09. The highest BCUT2D eigenvalue weighted by atomic mass is 35.5. The molecule has 0 bridgehead atoms. The molecule has 4 atom stereocenters. The molecule has 1 saturated heterocycles. The number of halogens is 2. The van der Waals surface area contributed by atoms with Crippen molar-refractivity contribution in [3.63, 3.8) is 0 Å². The van der Waals surface area contributed by atoms with E-state index in [-0.39, 0.29) is 23.9 Å². The van der Waals surface area contributed by atoms with Crippen LogP contribution in [0.3, 0.4) is 0 Å². The third kappa shape index (κ3) is 3.70. The van der Waals surface area contributed by atoms with E-state index in [4.69, 9.17) is 23.2 Å². The van der Waals surface area contributed by atoms with Crippen molar-refractivity contribution in [2.45, 2.75) is 51.1 Å². The molecule has 6 heteroatoms. The molecule has 3 rings (SSSR count). The van der Waals surface area contributed by atoms with Gasteiger partial charge in [-0.1, -0.05) is 36.5 Å². The minimum Gasteiger partial charge on any atom is -0.353 e. The second-order valence-corrected chi connectivity index (χ2v) is 7.66. The number of fused-ring (bicyclic) bond motifs is 1. The maximum absolute atomic E-state index is 12.5. The maximum atomic E-state index is 12.5. The Morgan fingerprint density at radius 1 is 1.33 bits per heavy atom. The number of carbonyl (C=O) groups is 2. The second-order valence-electron chi connectivity index (χ2n) is 6.82. The van der Waals surface area contributed by atoms with Crippen LogP contribution in [-0.2, 0) is 4.79 Å². The van der Waals surface area contributed by atoms with Gasteiger partial charge in [-0.15, -0.1) is 0 Å². The quantitative estimate of drug-likeness (QED) is 0.851. The molecule has 0 aromatic heterocycles. The summed E-state index contributed by atoms with van der Waals surface area (Å²) in [5.74, 6) is 0.941. The lowest BCUT2D eigenvalue weighted by Crippen LogP contribution is -2.55. The average molecular weight is 369 g/mol. The molecule has 2 amide bonds. The van der Waals surface area contributed by atoms with Crippen molar-refractivity contribution in [3.05, 3.63) is 33.8 Å². The van der Waals surface area contributed by atoms with Gasteiger partial charge in [-0.25, -0.2) is 0 Å². The summed E-state index contributed by atoms with van der Waals surface area (Å²) in [5, 5.41) is 7.03. The zero-order valence-electron chi connectivity index (χ0n) is 13.6. The second kappa shape index (κ2) is 7.32. The molecule has 1 aromatic carbocycles. The molecule has 1 aromatic rings. The van der Waals surface area contributed by atoms with E-state index in [0.717, 1.165) is 25.7 Å². The lowest BCUT2D eigenvalue weighted by atomic mass is 9.70. The van der Waals surface area contributed by atoms with Gasteiger partial charge in [-0.3, -0.25) is 9.59 Å². The fourth-order valence-electron chi connectivity index (χ4n) is 4.09. The third-order valence-electron chi connectivity index (χ3n) is 5.34. The summed E-state index contributed by atoms with van der Waals surface area (Å²) in [7, 11) is 0. The predicted octanol–water partition coefficient (Wildman–Crippen LogP) is 3.81. The Morgan fingerprint density at radius 2 is 2.12 bits per heavy atom. The molecule has 4 unspecified atom stereocenters. The molecule has 130 valence electrons. The first kappa shape index (κ1) is 17.6. The average Bonchev–Trinajstić information content (AvgIpc) is 2.53. The van der Waals surface area contributed by atoms with Gasteiger partial charge in [0.1, 0.15) is 0 Å². The minimum atomic E-state index is -0.186. The molecule has 1 aliphatic heterocycles. The van der Waals surface area contributed by atoms with E-state index >= 15 is 0 Å². The van der Waals surface area contributed by atoms with Gasteiger partial charge in [0.2, 0.25) is 5.91 Å². The Kier molecular flexibility index (Phi) is 5.36. The smallest absolute Gasteiger partial charge is 0.253 e. The van der Waals surface area contributed by atoms with Crippen molar-refractivity contribution in [1.29, 1.82) is 0 Å². The summed E-state index contributed by atoms with van der Waals surface area (Å²) in [4.78, 5) is 24.3. The van der Waals surface area contributed by atoms with Crippen LogP contribution in [0.4, 0.5) is 0 Å². The van der Waals surface area contributed by atoms with Crippen molar-refractivity contribution >= 4 is 35.0 Å². The number of amides is 2. The minimum absolute atomic E-state index is 0.0569. The van der Waals surface area contributed by atoms with Gasteiger partial charge >= 0.3 is 0 Å². The Hall–Kier alpha value is -1.26. The highest BCUT2D eigenvalue weighted by molar-refractivity contribution is 6.36. The van der Waals surface area contributed by atoms with Crippen LogP contribution in [-0.4, -0.2) is 23.9 Å². The van der Waals surface area contributed by atoms with Crippen molar-refractivity contribution < 1.29 is 9.59 Å². The van der Waals surface area contributed by atoms with Crippen LogP contribution in [0.15, 0.2) is 18.2 Å². The molecule has 1 aliphatic carbocycles. The normalized spacial score (nSPS) is 29.5. The first-order chi connectivity index (χ1) is 11.5. The SMILES string of the molecule is CCC1CC(=O)NC2CC(NC(=O)c3ccc(Cl)cc3Cl)CCC12. The Balaban J connectivity index is 1.65. The number of benzene rings is 1. The van der Waals surface area contributed by atoms with Crippen LogP contribution in [0.25, 0.3) is 0 Å². The Bertz CT molecular complexity index is 650. The molecule has 24 heavy (non-hydrogen) atoms. The molecule has 2 N–H and O–H groups in total. The van der Waals surface area contributed by atoms with E-state index in [1.165, 1.54) is 0 Å². The van der Waals surface area contributed by atoms with Crippen LogP contribution in [0, 0.1) is 11.8 Å². The van der Waals surface area contributed by atoms with Crippen LogP contribution in [0.2, 0.25) is 10.0 Å². The van der Waals surface area contributed by atoms with Crippen LogP contribution in [0.1, 0.15) is 49.4 Å². The molecule has 1 saturated carbocycles. The van der Waals surface area contributed by atoms with Gasteiger partial charge in [0.15, 0.2) is 0 Å². The summed E-state index contributed by atoms with van der Waals surface area (Å²) in [5.41, 5.74) is 0.433. The molecule has 0 spiro atoms. The molecule has 2 fully saturated rings. The number of hydrogen-bond acceptors (Lipinski definition) is 2. The van der Waals surface area contributed by atoms with Crippen molar-refractivity contribution in [2.75, 3.05) is 0 Å². The molecular weight excluding hydrogens is 347 g/mol. The Morgan fingerprint density at radius 3 is 2.83 bits per heavy atom. The zero-order chi connectivity index (χ0) is 17.3. The third-order valence-corrected chi connectivity index (χ3v) is 5.89. The topological polar surface area (TPSA) is 58.2 Å². The van der Waals surface area contributed by atoms with Gasteiger partial charge in [-0.2, -0.15) is 0 Å². The number of rotatable bonds is 3. The predicted molar refractivity (Wildman–Crippen MR) is 95.4 cm³/mol. The fourth-order valence-corrected chi connectivity index (χ4v) is 4.59. The molecular formula is C18H22Cl2N2O2. The molecule has 0 radical (unpaired) electrons. The van der Waals surface area contributed by atoms with Crippen LogP contribution >= 0.6 is 23.2 Å². The summed E-state index contributed by atoms with van der Waals surface area (Å²) < 4.78 is 0. The van der Waals surface area contributed by atoms with E-state index in [0.29, 0.717) is 33.9 Å². The van der Waals surface area contributed by atoms with E-state index in [2.05, 4.69) is 17.6 Å². The van der Waals surface area contributed by atoms with Gasteiger partial charge in [0.25, 0.3) is 5.91 Å². The van der Waals surface area contributed by atoms with Gasteiger partial charge in [-0.05, 0) is 49.3 Å². The number of carbonyl (C=O) groups excluding carboxylic acids is 2. The highest BCUT2D eigenvalue weighted by Gasteiger charge is 2.40. The van der Waals surface area contributed by atoms with Crippen molar-refractivity contribution in [2.24, 2.45) is 11.8 Å². The molecule has 4 nitrogen and oxygen atoms in total. The van der Waals surface area contributed by atoms with E-state index < -0.39 is 0 Å². The lowest BCUT2D eigenvalue weighted by Gasteiger charge is -2.44. The molecule has 1 heterocycles.